The van der Waals surface area contributed by atoms with Gasteiger partial charge in [-0.15, -0.1) is 0 Å². The lowest BCUT2D eigenvalue weighted by Crippen LogP contribution is -2.42. The van der Waals surface area contributed by atoms with E-state index in [9.17, 15) is 9.18 Å². The van der Waals surface area contributed by atoms with E-state index in [2.05, 4.69) is 12.2 Å². The number of aryl methyl sites for hydroxylation is 1. The topological polar surface area (TPSA) is 29.1 Å². The van der Waals surface area contributed by atoms with E-state index >= 15 is 0 Å². The first-order valence-electron chi connectivity index (χ1n) is 6.11. The molecule has 92 valence electrons. The molecule has 1 amide bonds. The molecule has 1 aromatic carbocycles. The number of carbonyl (C=O) groups is 1. The molecule has 1 unspecified atom stereocenters. The Morgan fingerprint density at radius 3 is 2.76 bits per heavy atom. The van der Waals surface area contributed by atoms with Gasteiger partial charge < -0.3 is 5.32 Å². The molecule has 1 aliphatic rings. The molecule has 0 saturated carbocycles. The van der Waals surface area contributed by atoms with Crippen LogP contribution in [0.1, 0.15) is 37.3 Å². The number of hydrogen-bond acceptors (Lipinski definition) is 1. The van der Waals surface area contributed by atoms with Gasteiger partial charge in [0.2, 0.25) is 5.91 Å². The summed E-state index contributed by atoms with van der Waals surface area (Å²) < 4.78 is 13.5. The number of amides is 1. The summed E-state index contributed by atoms with van der Waals surface area (Å²) in [7, 11) is 0. The van der Waals surface area contributed by atoms with Crippen molar-refractivity contribution in [3.63, 3.8) is 0 Å². The second-order valence-corrected chi connectivity index (χ2v) is 4.94. The first-order valence-corrected chi connectivity index (χ1v) is 6.11. The highest BCUT2D eigenvalue weighted by Gasteiger charge is 2.35. The molecular weight excluding hydrogens is 217 g/mol. The van der Waals surface area contributed by atoms with Gasteiger partial charge in [0.1, 0.15) is 5.82 Å². The van der Waals surface area contributed by atoms with Crippen LogP contribution in [0.2, 0.25) is 0 Å². The van der Waals surface area contributed by atoms with Gasteiger partial charge in [-0.3, -0.25) is 4.79 Å². The fourth-order valence-electron chi connectivity index (χ4n) is 2.43. The molecule has 2 nitrogen and oxygen atoms in total. The van der Waals surface area contributed by atoms with Crippen molar-refractivity contribution in [1.29, 1.82) is 0 Å². The van der Waals surface area contributed by atoms with Crippen LogP contribution in [0.5, 0.6) is 0 Å². The predicted molar refractivity (Wildman–Crippen MR) is 65.2 cm³/mol. The fourth-order valence-corrected chi connectivity index (χ4v) is 2.43. The Morgan fingerprint density at radius 1 is 1.47 bits per heavy atom. The quantitative estimate of drug-likeness (QED) is 0.857. The first-order chi connectivity index (χ1) is 8.04. The molecule has 1 saturated heterocycles. The Balaban J connectivity index is 2.18. The average Bonchev–Trinajstić information content (AvgIpc) is 2.66. The maximum Gasteiger partial charge on any atom is 0.220 e. The number of hydrogen-bond donors (Lipinski definition) is 1. The first kappa shape index (κ1) is 12.1. The highest BCUT2D eigenvalue weighted by atomic mass is 19.1. The van der Waals surface area contributed by atoms with Crippen LogP contribution in [0.4, 0.5) is 4.39 Å². The van der Waals surface area contributed by atoms with Gasteiger partial charge >= 0.3 is 0 Å². The Kier molecular flexibility index (Phi) is 3.18. The van der Waals surface area contributed by atoms with Crippen molar-refractivity contribution in [1.82, 2.24) is 5.32 Å². The molecular formula is C14H18FNO. The summed E-state index contributed by atoms with van der Waals surface area (Å²) in [6.45, 7) is 3.82. The van der Waals surface area contributed by atoms with Crippen molar-refractivity contribution in [2.24, 2.45) is 0 Å². The summed E-state index contributed by atoms with van der Waals surface area (Å²) >= 11 is 0. The van der Waals surface area contributed by atoms with E-state index in [4.69, 9.17) is 0 Å². The van der Waals surface area contributed by atoms with Crippen LogP contribution in [0, 0.1) is 12.7 Å². The SMILES string of the molecule is CCC1(Cc2ccc(C)c(F)c2)CCC(=O)N1. The van der Waals surface area contributed by atoms with Gasteiger partial charge in [0.15, 0.2) is 0 Å². The number of benzene rings is 1. The summed E-state index contributed by atoms with van der Waals surface area (Å²) in [6.07, 6.45) is 3.03. The zero-order chi connectivity index (χ0) is 12.5. The summed E-state index contributed by atoms with van der Waals surface area (Å²) in [5.41, 5.74) is 1.45. The molecule has 17 heavy (non-hydrogen) atoms. The Bertz CT molecular complexity index is 444. The number of halogens is 1. The molecule has 0 aromatic heterocycles. The van der Waals surface area contributed by atoms with Gasteiger partial charge in [-0.25, -0.2) is 4.39 Å². The molecule has 1 atom stereocenters. The molecule has 1 heterocycles. The van der Waals surface area contributed by atoms with Crippen LogP contribution >= 0.6 is 0 Å². The maximum absolute atomic E-state index is 13.5. The number of rotatable bonds is 3. The minimum atomic E-state index is -0.168. The third kappa shape index (κ3) is 2.48. The lowest BCUT2D eigenvalue weighted by molar-refractivity contribution is -0.119. The van der Waals surface area contributed by atoms with Gasteiger partial charge in [0.05, 0.1) is 0 Å². The monoisotopic (exact) mass is 235 g/mol. The molecule has 1 aliphatic heterocycles. The third-order valence-corrected chi connectivity index (χ3v) is 3.69. The molecule has 0 radical (unpaired) electrons. The highest BCUT2D eigenvalue weighted by molar-refractivity contribution is 5.79. The van der Waals surface area contributed by atoms with Crippen LogP contribution < -0.4 is 5.32 Å². The lowest BCUT2D eigenvalue weighted by atomic mass is 9.86. The standard InChI is InChI=1S/C14H18FNO/c1-3-14(7-6-13(17)16-14)9-11-5-4-10(2)12(15)8-11/h4-5,8H,3,6-7,9H2,1-2H3,(H,16,17). The van der Waals surface area contributed by atoms with Crippen LogP contribution in [0.3, 0.4) is 0 Å². The summed E-state index contributed by atoms with van der Waals surface area (Å²) in [6, 6.07) is 5.32. The van der Waals surface area contributed by atoms with E-state index in [1.165, 1.54) is 0 Å². The van der Waals surface area contributed by atoms with E-state index in [0.717, 1.165) is 18.4 Å². The van der Waals surface area contributed by atoms with Gasteiger partial charge in [-0.1, -0.05) is 19.1 Å². The molecule has 0 bridgehead atoms. The van der Waals surface area contributed by atoms with Crippen LogP contribution in [-0.2, 0) is 11.2 Å². The van der Waals surface area contributed by atoms with Crippen molar-refractivity contribution < 1.29 is 9.18 Å². The van der Waals surface area contributed by atoms with E-state index in [-0.39, 0.29) is 17.3 Å². The second kappa shape index (κ2) is 4.47. The van der Waals surface area contributed by atoms with Gasteiger partial charge in [0, 0.05) is 12.0 Å². The zero-order valence-corrected chi connectivity index (χ0v) is 10.3. The molecule has 3 heteroatoms. The van der Waals surface area contributed by atoms with Crippen molar-refractivity contribution in [3.8, 4) is 0 Å². The second-order valence-electron chi connectivity index (χ2n) is 4.94. The van der Waals surface area contributed by atoms with Crippen molar-refractivity contribution in [3.05, 3.63) is 35.1 Å². The number of carbonyl (C=O) groups excluding carboxylic acids is 1. The molecule has 2 rings (SSSR count). The van der Waals surface area contributed by atoms with Crippen LogP contribution in [0.25, 0.3) is 0 Å². The molecule has 1 N–H and O–H groups in total. The van der Waals surface area contributed by atoms with Gasteiger partial charge in [-0.2, -0.15) is 0 Å². The lowest BCUT2D eigenvalue weighted by Gasteiger charge is -2.28. The minimum absolute atomic E-state index is 0.111. The largest absolute Gasteiger partial charge is 0.350 e. The summed E-state index contributed by atoms with van der Waals surface area (Å²) in [5.74, 6) is -0.0579. The maximum atomic E-state index is 13.5. The van der Waals surface area contributed by atoms with E-state index < -0.39 is 0 Å². The molecule has 1 aromatic rings. The smallest absolute Gasteiger partial charge is 0.220 e. The summed E-state index contributed by atoms with van der Waals surface area (Å²) in [4.78, 5) is 11.3. The highest BCUT2D eigenvalue weighted by Crippen LogP contribution is 2.28. The Morgan fingerprint density at radius 2 is 2.24 bits per heavy atom. The molecule has 0 spiro atoms. The average molecular weight is 235 g/mol. The minimum Gasteiger partial charge on any atom is -0.350 e. The van der Waals surface area contributed by atoms with Crippen molar-refractivity contribution in [2.45, 2.75) is 45.1 Å². The zero-order valence-electron chi connectivity index (χ0n) is 10.3. The van der Waals surface area contributed by atoms with Gasteiger partial charge in [-0.05, 0) is 43.4 Å². The molecule has 0 aliphatic carbocycles. The molecule has 1 fully saturated rings. The van der Waals surface area contributed by atoms with E-state index in [1.54, 1.807) is 19.1 Å². The van der Waals surface area contributed by atoms with E-state index in [1.807, 2.05) is 6.07 Å². The number of nitrogens with one attached hydrogen (secondary N) is 1. The Labute approximate surface area is 101 Å². The normalized spacial score (nSPS) is 23.8. The van der Waals surface area contributed by atoms with Crippen molar-refractivity contribution in [2.75, 3.05) is 0 Å². The predicted octanol–water partition coefficient (Wildman–Crippen LogP) is 2.74. The van der Waals surface area contributed by atoms with Crippen LogP contribution in [0.15, 0.2) is 18.2 Å². The van der Waals surface area contributed by atoms with Crippen molar-refractivity contribution >= 4 is 5.91 Å². The third-order valence-electron chi connectivity index (χ3n) is 3.69. The Hall–Kier alpha value is -1.38. The van der Waals surface area contributed by atoms with E-state index in [0.29, 0.717) is 18.4 Å². The fraction of sp³-hybridized carbons (Fsp3) is 0.500. The van der Waals surface area contributed by atoms with Crippen LogP contribution in [-0.4, -0.2) is 11.4 Å². The summed E-state index contributed by atoms with van der Waals surface area (Å²) in [5, 5.41) is 3.04. The van der Waals surface area contributed by atoms with Gasteiger partial charge in [0.25, 0.3) is 0 Å².